The summed E-state index contributed by atoms with van der Waals surface area (Å²) in [6, 6.07) is 8.01. The van der Waals surface area contributed by atoms with E-state index in [-0.39, 0.29) is 11.2 Å². The lowest BCUT2D eigenvalue weighted by Gasteiger charge is -2.32. The number of thioether (sulfide) groups is 1. The Labute approximate surface area is 122 Å². The standard InChI is InChI=1S/C15H16N2O2S/c1-9-12(10(2)19-16-9)8-17-13-6-4-5-7-14(13)20-11(3)15(17)18/h4-7,11H,8H2,1-3H3. The molecule has 1 aliphatic heterocycles. The van der Waals surface area contributed by atoms with Gasteiger partial charge >= 0.3 is 0 Å². The summed E-state index contributed by atoms with van der Waals surface area (Å²) in [5.74, 6) is 0.910. The molecule has 1 atom stereocenters. The number of carbonyl (C=O) groups excluding carboxylic acids is 1. The van der Waals surface area contributed by atoms with Crippen molar-refractivity contribution in [3.63, 3.8) is 0 Å². The van der Waals surface area contributed by atoms with Crippen molar-refractivity contribution < 1.29 is 9.32 Å². The zero-order valence-electron chi connectivity index (χ0n) is 11.7. The Morgan fingerprint density at radius 2 is 2.10 bits per heavy atom. The number of para-hydroxylation sites is 1. The minimum absolute atomic E-state index is 0.0645. The van der Waals surface area contributed by atoms with Gasteiger partial charge in [0, 0.05) is 10.5 Å². The van der Waals surface area contributed by atoms with Crippen molar-refractivity contribution in [2.75, 3.05) is 4.90 Å². The number of nitrogens with zero attached hydrogens (tertiary/aromatic N) is 2. The van der Waals surface area contributed by atoms with Crippen LogP contribution in [0.15, 0.2) is 33.7 Å². The van der Waals surface area contributed by atoms with Gasteiger partial charge in [-0.25, -0.2) is 0 Å². The number of hydrogen-bond donors (Lipinski definition) is 0. The molecule has 1 aromatic heterocycles. The molecule has 0 aliphatic carbocycles. The van der Waals surface area contributed by atoms with Crippen LogP contribution in [0.4, 0.5) is 5.69 Å². The maximum absolute atomic E-state index is 12.5. The fourth-order valence-corrected chi connectivity index (χ4v) is 3.47. The van der Waals surface area contributed by atoms with Crippen LogP contribution in [0.1, 0.15) is 23.9 Å². The fraction of sp³-hybridized carbons (Fsp3) is 0.333. The lowest BCUT2D eigenvalue weighted by molar-refractivity contribution is -0.118. The maximum Gasteiger partial charge on any atom is 0.240 e. The zero-order valence-corrected chi connectivity index (χ0v) is 12.5. The topological polar surface area (TPSA) is 46.3 Å². The highest BCUT2D eigenvalue weighted by atomic mass is 32.2. The van der Waals surface area contributed by atoms with Gasteiger partial charge in [0.05, 0.1) is 23.2 Å². The van der Waals surface area contributed by atoms with E-state index in [1.165, 1.54) is 0 Å². The molecule has 0 saturated heterocycles. The molecule has 3 rings (SSSR count). The maximum atomic E-state index is 12.5. The molecule has 0 saturated carbocycles. The van der Waals surface area contributed by atoms with Gasteiger partial charge in [-0.2, -0.15) is 0 Å². The normalized spacial score (nSPS) is 18.2. The summed E-state index contributed by atoms with van der Waals surface area (Å²) in [5.41, 5.74) is 2.81. The van der Waals surface area contributed by atoms with E-state index in [1.54, 1.807) is 11.8 Å². The second kappa shape index (κ2) is 4.98. The van der Waals surface area contributed by atoms with Gasteiger partial charge in [0.25, 0.3) is 0 Å². The van der Waals surface area contributed by atoms with Crippen LogP contribution in [-0.4, -0.2) is 16.3 Å². The molecule has 20 heavy (non-hydrogen) atoms. The SMILES string of the molecule is Cc1noc(C)c1CN1C(=O)C(C)Sc2ccccc21. The number of fused-ring (bicyclic) bond motifs is 1. The third-order valence-corrected chi connectivity index (χ3v) is 4.73. The first-order chi connectivity index (χ1) is 9.58. The summed E-state index contributed by atoms with van der Waals surface area (Å²) in [4.78, 5) is 15.5. The van der Waals surface area contributed by atoms with Crippen LogP contribution in [0.3, 0.4) is 0 Å². The summed E-state index contributed by atoms with van der Waals surface area (Å²) in [5, 5.41) is 3.90. The van der Waals surface area contributed by atoms with Gasteiger partial charge in [-0.15, -0.1) is 11.8 Å². The molecular formula is C15H16N2O2S. The first kappa shape index (κ1) is 13.2. The predicted molar refractivity (Wildman–Crippen MR) is 78.9 cm³/mol. The van der Waals surface area contributed by atoms with Crippen molar-refractivity contribution in [1.82, 2.24) is 5.16 Å². The van der Waals surface area contributed by atoms with E-state index in [1.807, 2.05) is 43.9 Å². The number of benzene rings is 1. The molecule has 0 radical (unpaired) electrons. The van der Waals surface area contributed by atoms with E-state index in [2.05, 4.69) is 11.2 Å². The average Bonchev–Trinajstić information content (AvgIpc) is 2.75. The van der Waals surface area contributed by atoms with Crippen LogP contribution in [0, 0.1) is 13.8 Å². The van der Waals surface area contributed by atoms with E-state index < -0.39 is 0 Å². The van der Waals surface area contributed by atoms with E-state index in [9.17, 15) is 4.79 Å². The number of carbonyl (C=O) groups is 1. The average molecular weight is 288 g/mol. The van der Waals surface area contributed by atoms with Crippen LogP contribution < -0.4 is 4.90 Å². The smallest absolute Gasteiger partial charge is 0.240 e. The monoisotopic (exact) mass is 288 g/mol. The highest BCUT2D eigenvalue weighted by molar-refractivity contribution is 8.00. The Kier molecular flexibility index (Phi) is 3.30. The van der Waals surface area contributed by atoms with Crippen molar-refractivity contribution in [3.05, 3.63) is 41.3 Å². The van der Waals surface area contributed by atoms with Gasteiger partial charge in [0.15, 0.2) is 0 Å². The molecule has 0 N–H and O–H groups in total. The third kappa shape index (κ3) is 2.12. The first-order valence-corrected chi connectivity index (χ1v) is 7.44. The zero-order chi connectivity index (χ0) is 14.3. The molecule has 1 aromatic carbocycles. The Balaban J connectivity index is 2.02. The van der Waals surface area contributed by atoms with Gasteiger partial charge in [-0.05, 0) is 32.9 Å². The molecule has 1 aliphatic rings. The predicted octanol–water partition coefficient (Wildman–Crippen LogP) is 3.32. The molecule has 4 nitrogen and oxygen atoms in total. The van der Waals surface area contributed by atoms with Gasteiger partial charge in [-0.3, -0.25) is 4.79 Å². The van der Waals surface area contributed by atoms with Crippen LogP contribution in [0.2, 0.25) is 0 Å². The molecule has 0 fully saturated rings. The van der Waals surface area contributed by atoms with Crippen LogP contribution in [0.25, 0.3) is 0 Å². The van der Waals surface area contributed by atoms with E-state index in [0.717, 1.165) is 27.6 Å². The highest BCUT2D eigenvalue weighted by Gasteiger charge is 2.31. The second-order valence-electron chi connectivity index (χ2n) is 4.95. The Morgan fingerprint density at radius 1 is 1.35 bits per heavy atom. The minimum atomic E-state index is -0.0645. The van der Waals surface area contributed by atoms with Crippen molar-refractivity contribution >= 4 is 23.4 Å². The van der Waals surface area contributed by atoms with Crippen molar-refractivity contribution in [2.45, 2.75) is 37.5 Å². The lowest BCUT2D eigenvalue weighted by Crippen LogP contribution is -2.39. The molecule has 1 amide bonds. The van der Waals surface area contributed by atoms with Crippen LogP contribution >= 0.6 is 11.8 Å². The van der Waals surface area contributed by atoms with Gasteiger partial charge in [0.2, 0.25) is 5.91 Å². The molecule has 2 heterocycles. The third-order valence-electron chi connectivity index (χ3n) is 3.57. The minimum Gasteiger partial charge on any atom is -0.361 e. The molecule has 1 unspecified atom stereocenters. The van der Waals surface area contributed by atoms with E-state index in [4.69, 9.17) is 4.52 Å². The summed E-state index contributed by atoms with van der Waals surface area (Å²) < 4.78 is 5.19. The molecule has 0 bridgehead atoms. The second-order valence-corrected chi connectivity index (χ2v) is 6.34. The van der Waals surface area contributed by atoms with Crippen molar-refractivity contribution in [1.29, 1.82) is 0 Å². The quantitative estimate of drug-likeness (QED) is 0.850. The van der Waals surface area contributed by atoms with Gasteiger partial charge in [-0.1, -0.05) is 17.3 Å². The molecule has 2 aromatic rings. The Hall–Kier alpha value is -1.75. The molecule has 5 heteroatoms. The number of hydrogen-bond acceptors (Lipinski definition) is 4. The summed E-state index contributed by atoms with van der Waals surface area (Å²) in [6.45, 7) is 6.25. The Bertz CT molecular complexity index is 646. The largest absolute Gasteiger partial charge is 0.361 e. The van der Waals surface area contributed by atoms with Crippen molar-refractivity contribution in [2.24, 2.45) is 0 Å². The van der Waals surface area contributed by atoms with Gasteiger partial charge < -0.3 is 9.42 Å². The molecule has 0 spiro atoms. The molecule has 104 valence electrons. The summed E-state index contributed by atoms with van der Waals surface area (Å²) in [6.07, 6.45) is 0. The van der Waals surface area contributed by atoms with Crippen LogP contribution in [0.5, 0.6) is 0 Å². The first-order valence-electron chi connectivity index (χ1n) is 6.56. The number of amides is 1. The fourth-order valence-electron chi connectivity index (χ4n) is 2.41. The van der Waals surface area contributed by atoms with Crippen molar-refractivity contribution in [3.8, 4) is 0 Å². The number of rotatable bonds is 2. The lowest BCUT2D eigenvalue weighted by atomic mass is 10.1. The van der Waals surface area contributed by atoms with E-state index >= 15 is 0 Å². The molecular weight excluding hydrogens is 272 g/mol. The summed E-state index contributed by atoms with van der Waals surface area (Å²) >= 11 is 1.61. The summed E-state index contributed by atoms with van der Waals surface area (Å²) in [7, 11) is 0. The van der Waals surface area contributed by atoms with Gasteiger partial charge in [0.1, 0.15) is 5.76 Å². The number of aryl methyl sites for hydroxylation is 2. The number of aromatic nitrogens is 1. The van der Waals surface area contributed by atoms with Crippen LogP contribution in [-0.2, 0) is 11.3 Å². The highest BCUT2D eigenvalue weighted by Crippen LogP contribution is 2.39. The van der Waals surface area contributed by atoms with E-state index in [0.29, 0.717) is 6.54 Å². The number of anilines is 1. The Morgan fingerprint density at radius 3 is 2.80 bits per heavy atom.